The summed E-state index contributed by atoms with van der Waals surface area (Å²) in [7, 11) is -3.07. The van der Waals surface area contributed by atoms with Crippen molar-refractivity contribution in [3.63, 3.8) is 0 Å². The molecule has 3 aliphatic rings. The van der Waals surface area contributed by atoms with E-state index in [0.29, 0.717) is 11.8 Å². The summed E-state index contributed by atoms with van der Waals surface area (Å²) in [5, 5.41) is 2.39. The van der Waals surface area contributed by atoms with Crippen LogP contribution in [0, 0.1) is 17.8 Å². The van der Waals surface area contributed by atoms with Gasteiger partial charge in [0.15, 0.2) is 9.84 Å². The summed E-state index contributed by atoms with van der Waals surface area (Å²) in [5.74, 6) is 1.32. The Morgan fingerprint density at radius 1 is 1.17 bits per heavy atom. The van der Waals surface area contributed by atoms with E-state index < -0.39 is 21.3 Å². The van der Waals surface area contributed by atoms with E-state index in [4.69, 9.17) is 11.6 Å². The van der Waals surface area contributed by atoms with Crippen LogP contribution in [-0.4, -0.2) is 37.2 Å². The molecule has 102 valence electrons. The molecule has 0 aromatic heterocycles. The molecule has 5 atom stereocenters. The van der Waals surface area contributed by atoms with Crippen LogP contribution in [0.15, 0.2) is 0 Å². The van der Waals surface area contributed by atoms with E-state index in [9.17, 15) is 13.2 Å². The predicted molar refractivity (Wildman–Crippen MR) is 69.2 cm³/mol. The van der Waals surface area contributed by atoms with E-state index in [0.717, 1.165) is 12.8 Å². The van der Waals surface area contributed by atoms with Crippen molar-refractivity contribution >= 4 is 27.3 Å². The Balaban J connectivity index is 1.62. The molecule has 1 aliphatic heterocycles. The molecule has 18 heavy (non-hydrogen) atoms. The second-order valence-corrected chi connectivity index (χ2v) is 8.70. The van der Waals surface area contributed by atoms with Gasteiger partial charge in [0, 0.05) is 5.92 Å². The molecule has 0 aromatic carbocycles. The van der Waals surface area contributed by atoms with Crippen LogP contribution in [0.5, 0.6) is 0 Å². The number of rotatable bonds is 2. The van der Waals surface area contributed by atoms with Crippen molar-refractivity contribution in [2.24, 2.45) is 17.8 Å². The van der Waals surface area contributed by atoms with Crippen molar-refractivity contribution in [3.8, 4) is 0 Å². The van der Waals surface area contributed by atoms with E-state index >= 15 is 0 Å². The molecule has 0 radical (unpaired) electrons. The highest BCUT2D eigenvalue weighted by molar-refractivity contribution is 7.91. The fourth-order valence-electron chi connectivity index (χ4n) is 3.79. The van der Waals surface area contributed by atoms with Gasteiger partial charge in [-0.2, -0.15) is 0 Å². The number of amides is 1. The SMILES string of the molecule is O=C(NC1CS(=O)(=O)CC1Cl)C1CC2CCC1C2. The molecule has 6 heteroatoms. The summed E-state index contributed by atoms with van der Waals surface area (Å²) >= 11 is 6.00. The molecular formula is C12H18ClNO3S. The lowest BCUT2D eigenvalue weighted by Crippen LogP contribution is -2.44. The maximum atomic E-state index is 12.2. The van der Waals surface area contributed by atoms with Crippen LogP contribution in [0.25, 0.3) is 0 Å². The molecule has 2 saturated carbocycles. The zero-order chi connectivity index (χ0) is 12.9. The topological polar surface area (TPSA) is 63.2 Å². The number of sulfone groups is 1. The molecule has 1 N–H and O–H groups in total. The lowest BCUT2D eigenvalue weighted by molar-refractivity contribution is -0.127. The highest BCUT2D eigenvalue weighted by atomic mass is 35.5. The van der Waals surface area contributed by atoms with Crippen molar-refractivity contribution in [1.29, 1.82) is 0 Å². The molecule has 3 fully saturated rings. The Morgan fingerprint density at radius 3 is 2.44 bits per heavy atom. The van der Waals surface area contributed by atoms with Gasteiger partial charge in [-0.3, -0.25) is 4.79 Å². The van der Waals surface area contributed by atoms with Gasteiger partial charge in [-0.05, 0) is 31.1 Å². The van der Waals surface area contributed by atoms with Gasteiger partial charge in [-0.25, -0.2) is 8.42 Å². The number of carbonyl (C=O) groups is 1. The Labute approximate surface area is 112 Å². The van der Waals surface area contributed by atoms with Crippen LogP contribution in [0.3, 0.4) is 0 Å². The smallest absolute Gasteiger partial charge is 0.223 e. The Kier molecular flexibility index (Phi) is 3.09. The number of hydrogen-bond acceptors (Lipinski definition) is 3. The van der Waals surface area contributed by atoms with Gasteiger partial charge in [0.25, 0.3) is 0 Å². The quantitative estimate of drug-likeness (QED) is 0.770. The largest absolute Gasteiger partial charge is 0.351 e. The molecule has 1 amide bonds. The third-order valence-electron chi connectivity index (χ3n) is 4.69. The first-order valence-electron chi connectivity index (χ1n) is 6.59. The predicted octanol–water partition coefficient (Wildman–Crippen LogP) is 0.943. The number of fused-ring (bicyclic) bond motifs is 2. The lowest BCUT2D eigenvalue weighted by Gasteiger charge is -2.23. The van der Waals surface area contributed by atoms with E-state index in [1.54, 1.807) is 0 Å². The number of nitrogens with one attached hydrogen (secondary N) is 1. The maximum absolute atomic E-state index is 12.2. The summed E-state index contributed by atoms with van der Waals surface area (Å²) in [6.45, 7) is 0. The minimum atomic E-state index is -3.07. The number of hydrogen-bond donors (Lipinski definition) is 1. The van der Waals surface area contributed by atoms with Crippen LogP contribution < -0.4 is 5.32 Å². The second kappa shape index (κ2) is 4.37. The molecule has 1 heterocycles. The van der Waals surface area contributed by atoms with Crippen LogP contribution in [0.1, 0.15) is 25.7 Å². The van der Waals surface area contributed by atoms with Crippen LogP contribution in [0.2, 0.25) is 0 Å². The van der Waals surface area contributed by atoms with Crippen molar-refractivity contribution in [1.82, 2.24) is 5.32 Å². The van der Waals surface area contributed by atoms with Gasteiger partial charge in [0.05, 0.1) is 22.9 Å². The van der Waals surface area contributed by atoms with Crippen molar-refractivity contribution in [2.75, 3.05) is 11.5 Å². The molecule has 2 bridgehead atoms. The summed E-state index contributed by atoms with van der Waals surface area (Å²) in [5.41, 5.74) is 0. The average Bonchev–Trinajstić information content (AvgIpc) is 2.93. The Hall–Kier alpha value is -0.290. The van der Waals surface area contributed by atoms with Gasteiger partial charge in [0.2, 0.25) is 5.91 Å². The van der Waals surface area contributed by atoms with Gasteiger partial charge in [-0.1, -0.05) is 6.42 Å². The Morgan fingerprint density at radius 2 is 1.94 bits per heavy atom. The first-order chi connectivity index (χ1) is 8.44. The van der Waals surface area contributed by atoms with E-state index in [2.05, 4.69) is 5.32 Å². The molecular weight excluding hydrogens is 274 g/mol. The van der Waals surface area contributed by atoms with E-state index in [1.165, 1.54) is 12.8 Å². The zero-order valence-electron chi connectivity index (χ0n) is 10.1. The standard InChI is InChI=1S/C12H18ClNO3S/c13-10-5-18(16,17)6-11(10)14-12(15)9-4-7-1-2-8(9)3-7/h7-11H,1-6H2,(H,14,15). The second-order valence-electron chi connectivity index (χ2n) is 5.99. The number of alkyl halides is 1. The molecule has 5 unspecified atom stereocenters. The lowest BCUT2D eigenvalue weighted by atomic mass is 9.88. The minimum Gasteiger partial charge on any atom is -0.351 e. The fraction of sp³-hybridized carbons (Fsp3) is 0.917. The zero-order valence-corrected chi connectivity index (χ0v) is 11.7. The first kappa shape index (κ1) is 12.7. The molecule has 4 nitrogen and oxygen atoms in total. The van der Waals surface area contributed by atoms with Crippen LogP contribution in [-0.2, 0) is 14.6 Å². The van der Waals surface area contributed by atoms with Crippen molar-refractivity contribution < 1.29 is 13.2 Å². The number of halogens is 1. The summed E-state index contributed by atoms with van der Waals surface area (Å²) in [6, 6.07) is -0.400. The maximum Gasteiger partial charge on any atom is 0.223 e. The van der Waals surface area contributed by atoms with E-state index in [-0.39, 0.29) is 23.3 Å². The van der Waals surface area contributed by atoms with Gasteiger partial charge < -0.3 is 5.32 Å². The highest BCUT2D eigenvalue weighted by Crippen LogP contribution is 2.48. The summed E-state index contributed by atoms with van der Waals surface area (Å²) in [4.78, 5) is 12.2. The van der Waals surface area contributed by atoms with Gasteiger partial charge in [0.1, 0.15) is 0 Å². The van der Waals surface area contributed by atoms with Crippen LogP contribution >= 0.6 is 11.6 Å². The molecule has 3 rings (SSSR count). The normalized spacial score (nSPS) is 45.3. The molecule has 1 saturated heterocycles. The third kappa shape index (κ3) is 2.27. The van der Waals surface area contributed by atoms with Gasteiger partial charge >= 0.3 is 0 Å². The van der Waals surface area contributed by atoms with Crippen LogP contribution in [0.4, 0.5) is 0 Å². The molecule has 0 spiro atoms. The average molecular weight is 292 g/mol. The summed E-state index contributed by atoms with van der Waals surface area (Å²) in [6.07, 6.45) is 4.55. The first-order valence-corrected chi connectivity index (χ1v) is 8.85. The van der Waals surface area contributed by atoms with E-state index in [1.807, 2.05) is 0 Å². The monoisotopic (exact) mass is 291 g/mol. The molecule has 0 aromatic rings. The van der Waals surface area contributed by atoms with Crippen molar-refractivity contribution in [2.45, 2.75) is 37.1 Å². The fourth-order valence-corrected chi connectivity index (χ4v) is 6.34. The minimum absolute atomic E-state index is 0.00623. The highest BCUT2D eigenvalue weighted by Gasteiger charge is 2.45. The molecule has 2 aliphatic carbocycles. The van der Waals surface area contributed by atoms with Gasteiger partial charge in [-0.15, -0.1) is 11.6 Å². The number of carbonyl (C=O) groups excluding carboxylic acids is 1. The Bertz CT molecular complexity index is 464. The van der Waals surface area contributed by atoms with Crippen molar-refractivity contribution in [3.05, 3.63) is 0 Å². The third-order valence-corrected chi connectivity index (χ3v) is 7.06. The summed E-state index contributed by atoms with van der Waals surface area (Å²) < 4.78 is 22.9.